The van der Waals surface area contributed by atoms with Crippen LogP contribution < -0.4 is 5.32 Å². The van der Waals surface area contributed by atoms with Gasteiger partial charge in [0.2, 0.25) is 0 Å². The Hall–Kier alpha value is -1.13. The first kappa shape index (κ1) is 14.9. The average molecular weight is 273 g/mol. The minimum absolute atomic E-state index is 0. The minimum atomic E-state index is -0.346. The Balaban J connectivity index is 0.00000162. The maximum atomic E-state index is 13.3. The van der Waals surface area contributed by atoms with E-state index in [1.807, 2.05) is 0 Å². The lowest BCUT2D eigenvalue weighted by atomic mass is 10.1. The number of hydrogen-bond donors (Lipinski definition) is 1. The number of hydrogen-bond acceptors (Lipinski definition) is 2. The Morgan fingerprint density at radius 1 is 1.28 bits per heavy atom. The Labute approximate surface area is 113 Å². The summed E-state index contributed by atoms with van der Waals surface area (Å²) < 4.78 is 13.3. The normalized spacial score (nSPS) is 15.8. The van der Waals surface area contributed by atoms with Crippen LogP contribution in [0.4, 0.5) is 4.39 Å². The fourth-order valence-electron chi connectivity index (χ4n) is 2.09. The number of amides is 1. The molecule has 18 heavy (non-hydrogen) atoms. The number of benzene rings is 1. The molecule has 0 aliphatic carbocycles. The second-order valence-electron chi connectivity index (χ2n) is 4.41. The van der Waals surface area contributed by atoms with E-state index in [9.17, 15) is 9.18 Å². The van der Waals surface area contributed by atoms with Crippen LogP contribution in [0.1, 0.15) is 22.3 Å². The van der Waals surface area contributed by atoms with Gasteiger partial charge in [0, 0.05) is 25.2 Å². The number of carbonyl (C=O) groups excluding carboxylic acids is 1. The number of halogens is 2. The van der Waals surface area contributed by atoms with E-state index in [0.717, 1.165) is 31.6 Å². The molecule has 0 saturated carbocycles. The topological polar surface area (TPSA) is 32.3 Å². The van der Waals surface area contributed by atoms with Crippen molar-refractivity contribution >= 4 is 18.3 Å². The zero-order chi connectivity index (χ0) is 12.3. The highest BCUT2D eigenvalue weighted by atomic mass is 35.5. The number of rotatable bonds is 1. The minimum Gasteiger partial charge on any atom is -0.337 e. The van der Waals surface area contributed by atoms with Crippen LogP contribution in [-0.2, 0) is 0 Å². The molecule has 3 nitrogen and oxygen atoms in total. The number of aryl methyl sites for hydroxylation is 1. The van der Waals surface area contributed by atoms with E-state index in [0.29, 0.717) is 12.1 Å². The first-order chi connectivity index (χ1) is 8.16. The summed E-state index contributed by atoms with van der Waals surface area (Å²) in [4.78, 5) is 14.0. The Bertz CT molecular complexity index is 397. The number of nitrogens with one attached hydrogen (secondary N) is 1. The highest BCUT2D eigenvalue weighted by Gasteiger charge is 2.17. The molecule has 1 fully saturated rings. The number of carbonyl (C=O) groups is 1. The van der Waals surface area contributed by atoms with E-state index in [-0.39, 0.29) is 24.1 Å². The third kappa shape index (κ3) is 3.68. The van der Waals surface area contributed by atoms with Gasteiger partial charge in [0.15, 0.2) is 0 Å². The summed E-state index contributed by atoms with van der Waals surface area (Å²) in [7, 11) is 0. The van der Waals surface area contributed by atoms with Crippen molar-refractivity contribution < 1.29 is 9.18 Å². The molecule has 1 aliphatic rings. The van der Waals surface area contributed by atoms with Gasteiger partial charge in [-0.3, -0.25) is 4.79 Å². The zero-order valence-corrected chi connectivity index (χ0v) is 11.2. The van der Waals surface area contributed by atoms with Crippen LogP contribution >= 0.6 is 12.4 Å². The second kappa shape index (κ2) is 6.71. The summed E-state index contributed by atoms with van der Waals surface area (Å²) >= 11 is 0. The van der Waals surface area contributed by atoms with Gasteiger partial charge in [0.1, 0.15) is 5.82 Å². The molecule has 1 aromatic carbocycles. The predicted molar refractivity (Wildman–Crippen MR) is 71.8 cm³/mol. The van der Waals surface area contributed by atoms with Gasteiger partial charge in [0.05, 0.1) is 0 Å². The van der Waals surface area contributed by atoms with E-state index in [4.69, 9.17) is 0 Å². The molecule has 5 heteroatoms. The van der Waals surface area contributed by atoms with E-state index >= 15 is 0 Å². The van der Waals surface area contributed by atoms with Crippen LogP contribution in [0.15, 0.2) is 18.2 Å². The SMILES string of the molecule is Cc1cc(F)cc(C(=O)N2CCCNCC2)c1.Cl. The van der Waals surface area contributed by atoms with E-state index in [2.05, 4.69) is 5.32 Å². The van der Waals surface area contributed by atoms with E-state index < -0.39 is 0 Å². The lowest BCUT2D eigenvalue weighted by molar-refractivity contribution is 0.0766. The first-order valence-electron chi connectivity index (χ1n) is 5.94. The van der Waals surface area contributed by atoms with Crippen molar-refractivity contribution in [3.63, 3.8) is 0 Å². The van der Waals surface area contributed by atoms with Crippen LogP contribution in [0.5, 0.6) is 0 Å². The van der Waals surface area contributed by atoms with Crippen molar-refractivity contribution in [1.29, 1.82) is 0 Å². The molecule has 0 aromatic heterocycles. The Morgan fingerprint density at radius 3 is 2.78 bits per heavy atom. The third-order valence-corrected chi connectivity index (χ3v) is 2.92. The highest BCUT2D eigenvalue weighted by molar-refractivity contribution is 5.94. The molecule has 0 unspecified atom stereocenters. The fourth-order valence-corrected chi connectivity index (χ4v) is 2.09. The van der Waals surface area contributed by atoms with Crippen LogP contribution in [-0.4, -0.2) is 37.0 Å². The standard InChI is InChI=1S/C13H17FN2O.ClH/c1-10-7-11(9-12(14)8-10)13(17)16-5-2-3-15-4-6-16;/h7-9,15H,2-6H2,1H3;1H. The largest absolute Gasteiger partial charge is 0.337 e. The molecule has 100 valence electrons. The molecule has 0 bridgehead atoms. The molecular weight excluding hydrogens is 255 g/mol. The lowest BCUT2D eigenvalue weighted by Crippen LogP contribution is -2.34. The lowest BCUT2D eigenvalue weighted by Gasteiger charge is -2.20. The molecule has 1 N–H and O–H groups in total. The zero-order valence-electron chi connectivity index (χ0n) is 10.4. The molecule has 1 aromatic rings. The van der Waals surface area contributed by atoms with Crippen molar-refractivity contribution in [1.82, 2.24) is 10.2 Å². The fraction of sp³-hybridized carbons (Fsp3) is 0.462. The molecule has 0 radical (unpaired) electrons. The first-order valence-corrected chi connectivity index (χ1v) is 5.94. The quantitative estimate of drug-likeness (QED) is 0.848. The highest BCUT2D eigenvalue weighted by Crippen LogP contribution is 2.11. The van der Waals surface area contributed by atoms with Crippen molar-refractivity contribution in [3.05, 3.63) is 35.1 Å². The molecule has 0 spiro atoms. The Morgan fingerprint density at radius 2 is 2.06 bits per heavy atom. The van der Waals surface area contributed by atoms with Crippen molar-refractivity contribution in [2.24, 2.45) is 0 Å². The summed E-state index contributed by atoms with van der Waals surface area (Å²) in [5.74, 6) is -0.419. The van der Waals surface area contributed by atoms with E-state index in [1.165, 1.54) is 12.1 Å². The van der Waals surface area contributed by atoms with Gasteiger partial charge in [-0.05, 0) is 43.7 Å². The maximum absolute atomic E-state index is 13.3. The average Bonchev–Trinajstić information content (AvgIpc) is 2.55. The molecular formula is C13H18ClFN2O. The van der Waals surface area contributed by atoms with Crippen molar-refractivity contribution in [2.75, 3.05) is 26.2 Å². The van der Waals surface area contributed by atoms with Crippen LogP contribution in [0.3, 0.4) is 0 Å². The van der Waals surface area contributed by atoms with Gasteiger partial charge < -0.3 is 10.2 Å². The van der Waals surface area contributed by atoms with Gasteiger partial charge in [-0.15, -0.1) is 12.4 Å². The van der Waals surface area contributed by atoms with Crippen molar-refractivity contribution in [2.45, 2.75) is 13.3 Å². The summed E-state index contributed by atoms with van der Waals surface area (Å²) in [6.07, 6.45) is 0.944. The second-order valence-corrected chi connectivity index (χ2v) is 4.41. The van der Waals surface area contributed by atoms with E-state index in [1.54, 1.807) is 17.9 Å². The molecule has 1 heterocycles. The van der Waals surface area contributed by atoms with Gasteiger partial charge in [-0.2, -0.15) is 0 Å². The van der Waals surface area contributed by atoms with Crippen LogP contribution in [0.2, 0.25) is 0 Å². The summed E-state index contributed by atoms with van der Waals surface area (Å²) in [6.45, 7) is 4.96. The molecule has 1 aliphatic heterocycles. The van der Waals surface area contributed by atoms with Crippen LogP contribution in [0, 0.1) is 12.7 Å². The van der Waals surface area contributed by atoms with Gasteiger partial charge in [0.25, 0.3) is 5.91 Å². The van der Waals surface area contributed by atoms with Gasteiger partial charge >= 0.3 is 0 Å². The molecule has 0 atom stereocenters. The molecule has 2 rings (SSSR count). The number of nitrogens with zero attached hydrogens (tertiary/aromatic N) is 1. The molecule has 1 saturated heterocycles. The Kier molecular flexibility index (Phi) is 5.56. The van der Waals surface area contributed by atoms with Gasteiger partial charge in [-0.25, -0.2) is 4.39 Å². The smallest absolute Gasteiger partial charge is 0.254 e. The summed E-state index contributed by atoms with van der Waals surface area (Å²) in [6, 6.07) is 4.48. The summed E-state index contributed by atoms with van der Waals surface area (Å²) in [5, 5.41) is 3.24. The molecule has 1 amide bonds. The van der Waals surface area contributed by atoms with Crippen LogP contribution in [0.25, 0.3) is 0 Å². The summed E-state index contributed by atoms with van der Waals surface area (Å²) in [5.41, 5.74) is 1.23. The van der Waals surface area contributed by atoms with Crippen molar-refractivity contribution in [3.8, 4) is 0 Å². The maximum Gasteiger partial charge on any atom is 0.254 e. The van der Waals surface area contributed by atoms with Gasteiger partial charge in [-0.1, -0.05) is 0 Å². The monoisotopic (exact) mass is 272 g/mol. The third-order valence-electron chi connectivity index (χ3n) is 2.92. The predicted octanol–water partition coefficient (Wildman–Crippen LogP) is 1.99.